The number of rotatable bonds is 2. The number of fused-ring (bicyclic) bond motifs is 1. The maximum atomic E-state index is 12.0. The van der Waals surface area contributed by atoms with Gasteiger partial charge in [0, 0.05) is 0 Å². The zero-order valence-electron chi connectivity index (χ0n) is 9.88. The SMILES string of the molecule is O=C(Nc1cccc2[nH]c(=O)oc12)c1cnc(Br)cn1. The van der Waals surface area contributed by atoms with Crippen molar-refractivity contribution in [3.05, 3.63) is 51.4 Å². The molecule has 2 heterocycles. The van der Waals surface area contributed by atoms with Crippen molar-refractivity contribution in [3.8, 4) is 0 Å². The summed E-state index contributed by atoms with van der Waals surface area (Å²) in [5.41, 5.74) is 1.34. The molecule has 2 N–H and O–H groups in total. The summed E-state index contributed by atoms with van der Waals surface area (Å²) < 4.78 is 5.52. The van der Waals surface area contributed by atoms with Gasteiger partial charge in [-0.2, -0.15) is 0 Å². The average molecular weight is 335 g/mol. The molecule has 3 aromatic rings. The first kappa shape index (κ1) is 12.5. The summed E-state index contributed by atoms with van der Waals surface area (Å²) in [6.07, 6.45) is 2.76. The molecule has 0 radical (unpaired) electrons. The number of nitrogens with zero attached hydrogens (tertiary/aromatic N) is 2. The summed E-state index contributed by atoms with van der Waals surface area (Å²) in [6.45, 7) is 0. The minimum atomic E-state index is -0.579. The van der Waals surface area contributed by atoms with Gasteiger partial charge in [-0.3, -0.25) is 9.78 Å². The number of aromatic nitrogens is 3. The van der Waals surface area contributed by atoms with E-state index >= 15 is 0 Å². The highest BCUT2D eigenvalue weighted by molar-refractivity contribution is 9.10. The first-order valence-corrected chi connectivity index (χ1v) is 6.33. The van der Waals surface area contributed by atoms with Gasteiger partial charge in [-0.15, -0.1) is 0 Å². The minimum Gasteiger partial charge on any atom is -0.406 e. The highest BCUT2D eigenvalue weighted by Crippen LogP contribution is 2.21. The molecule has 0 unspecified atom stereocenters. The molecule has 0 saturated heterocycles. The van der Waals surface area contributed by atoms with Crippen molar-refractivity contribution in [2.45, 2.75) is 0 Å². The van der Waals surface area contributed by atoms with E-state index in [2.05, 4.69) is 36.2 Å². The molecular weight excluding hydrogens is 328 g/mol. The number of H-pyrrole nitrogens is 1. The number of anilines is 1. The number of aromatic amines is 1. The lowest BCUT2D eigenvalue weighted by Gasteiger charge is -2.04. The van der Waals surface area contributed by atoms with Crippen LogP contribution in [0.3, 0.4) is 0 Å². The van der Waals surface area contributed by atoms with Crippen LogP contribution in [0.2, 0.25) is 0 Å². The third-order valence-corrected chi connectivity index (χ3v) is 2.96. The molecule has 0 aliphatic rings. The van der Waals surface area contributed by atoms with Crippen molar-refractivity contribution >= 4 is 38.6 Å². The zero-order chi connectivity index (χ0) is 14.1. The van der Waals surface area contributed by atoms with E-state index in [1.807, 2.05) is 0 Å². The summed E-state index contributed by atoms with van der Waals surface area (Å²) in [4.78, 5) is 33.6. The highest BCUT2D eigenvalue weighted by Gasteiger charge is 2.12. The number of halogens is 1. The molecule has 0 atom stereocenters. The highest BCUT2D eigenvalue weighted by atomic mass is 79.9. The van der Waals surface area contributed by atoms with E-state index in [4.69, 9.17) is 4.42 Å². The lowest BCUT2D eigenvalue weighted by molar-refractivity contribution is 0.102. The predicted octanol–water partition coefficient (Wildman–Crippen LogP) is 1.93. The van der Waals surface area contributed by atoms with Crippen LogP contribution in [-0.2, 0) is 0 Å². The van der Waals surface area contributed by atoms with Crippen LogP contribution in [0.15, 0.2) is 44.4 Å². The van der Waals surface area contributed by atoms with Crippen molar-refractivity contribution in [2.75, 3.05) is 5.32 Å². The van der Waals surface area contributed by atoms with Crippen molar-refractivity contribution in [1.29, 1.82) is 0 Å². The Morgan fingerprint density at radius 2 is 2.15 bits per heavy atom. The number of hydrogen-bond acceptors (Lipinski definition) is 5. The standard InChI is InChI=1S/C12H7BrN4O3/c13-9-5-14-8(4-15-9)11(18)16-6-2-1-3-7-10(6)20-12(19)17-7/h1-5H,(H,16,18)(H,17,19). The molecule has 3 rings (SSSR count). The molecule has 1 amide bonds. The molecule has 1 aromatic carbocycles. The number of carbonyl (C=O) groups is 1. The maximum Gasteiger partial charge on any atom is 0.417 e. The quantitative estimate of drug-likeness (QED) is 0.745. The number of hydrogen-bond donors (Lipinski definition) is 2. The number of oxazole rings is 1. The van der Waals surface area contributed by atoms with Crippen LogP contribution in [-0.4, -0.2) is 20.9 Å². The second-order valence-electron chi connectivity index (χ2n) is 3.88. The number of nitrogens with one attached hydrogen (secondary N) is 2. The summed E-state index contributed by atoms with van der Waals surface area (Å²) in [6, 6.07) is 5.00. The average Bonchev–Trinajstić information content (AvgIpc) is 2.81. The fourth-order valence-electron chi connectivity index (χ4n) is 1.69. The lowest BCUT2D eigenvalue weighted by Crippen LogP contribution is -2.14. The zero-order valence-corrected chi connectivity index (χ0v) is 11.5. The monoisotopic (exact) mass is 334 g/mol. The Labute approximate surface area is 120 Å². The molecule has 0 bridgehead atoms. The molecule has 0 saturated carbocycles. The van der Waals surface area contributed by atoms with Gasteiger partial charge in [0.1, 0.15) is 10.3 Å². The Bertz CT molecular complexity index is 838. The Kier molecular flexibility index (Phi) is 3.07. The first-order valence-electron chi connectivity index (χ1n) is 5.54. The van der Waals surface area contributed by atoms with Gasteiger partial charge in [0.05, 0.1) is 23.6 Å². The van der Waals surface area contributed by atoms with E-state index < -0.39 is 11.7 Å². The van der Waals surface area contributed by atoms with E-state index in [0.29, 0.717) is 15.8 Å². The van der Waals surface area contributed by atoms with E-state index in [0.717, 1.165) is 0 Å². The van der Waals surface area contributed by atoms with Gasteiger partial charge in [-0.1, -0.05) is 6.07 Å². The van der Waals surface area contributed by atoms with Crippen LogP contribution in [0.5, 0.6) is 0 Å². The van der Waals surface area contributed by atoms with Crippen molar-refractivity contribution in [2.24, 2.45) is 0 Å². The molecule has 0 aliphatic carbocycles. The number of amides is 1. The molecule has 0 spiro atoms. The summed E-state index contributed by atoms with van der Waals surface area (Å²) >= 11 is 3.14. The maximum absolute atomic E-state index is 12.0. The Morgan fingerprint density at radius 3 is 2.90 bits per heavy atom. The van der Waals surface area contributed by atoms with Gasteiger partial charge in [0.15, 0.2) is 5.58 Å². The minimum absolute atomic E-state index is 0.156. The molecule has 8 heteroatoms. The van der Waals surface area contributed by atoms with Gasteiger partial charge < -0.3 is 9.73 Å². The Morgan fingerprint density at radius 1 is 1.30 bits per heavy atom. The van der Waals surface area contributed by atoms with E-state index in [-0.39, 0.29) is 11.3 Å². The van der Waals surface area contributed by atoms with Crippen LogP contribution >= 0.6 is 15.9 Å². The van der Waals surface area contributed by atoms with Crippen LogP contribution < -0.4 is 11.1 Å². The molecule has 100 valence electrons. The van der Waals surface area contributed by atoms with Crippen LogP contribution in [0.1, 0.15) is 10.5 Å². The number of para-hydroxylation sites is 1. The number of carbonyl (C=O) groups excluding carboxylic acids is 1. The van der Waals surface area contributed by atoms with Gasteiger partial charge >= 0.3 is 5.76 Å². The van der Waals surface area contributed by atoms with Crippen molar-refractivity contribution in [3.63, 3.8) is 0 Å². The van der Waals surface area contributed by atoms with Gasteiger partial charge in [0.25, 0.3) is 5.91 Å². The second-order valence-corrected chi connectivity index (χ2v) is 4.69. The summed E-state index contributed by atoms with van der Waals surface area (Å²) in [5.74, 6) is -1.02. The predicted molar refractivity (Wildman–Crippen MR) is 74.5 cm³/mol. The normalized spacial score (nSPS) is 10.7. The van der Waals surface area contributed by atoms with E-state index in [1.165, 1.54) is 12.4 Å². The topological polar surface area (TPSA) is 101 Å². The van der Waals surface area contributed by atoms with E-state index in [1.54, 1.807) is 18.2 Å². The van der Waals surface area contributed by atoms with Gasteiger partial charge in [0.2, 0.25) is 0 Å². The largest absolute Gasteiger partial charge is 0.417 e. The molecular formula is C12H7BrN4O3. The van der Waals surface area contributed by atoms with Gasteiger partial charge in [-0.05, 0) is 28.1 Å². The Balaban J connectivity index is 1.95. The van der Waals surface area contributed by atoms with E-state index in [9.17, 15) is 9.59 Å². The van der Waals surface area contributed by atoms with Crippen LogP contribution in [0.4, 0.5) is 5.69 Å². The molecule has 20 heavy (non-hydrogen) atoms. The summed E-state index contributed by atoms with van der Waals surface area (Å²) in [5, 5.41) is 2.62. The molecule has 0 fully saturated rings. The smallest absolute Gasteiger partial charge is 0.406 e. The summed E-state index contributed by atoms with van der Waals surface area (Å²) in [7, 11) is 0. The van der Waals surface area contributed by atoms with Crippen molar-refractivity contribution < 1.29 is 9.21 Å². The van der Waals surface area contributed by atoms with Gasteiger partial charge in [-0.25, -0.2) is 14.8 Å². The fraction of sp³-hybridized carbons (Fsp3) is 0. The molecule has 7 nitrogen and oxygen atoms in total. The third-order valence-electron chi connectivity index (χ3n) is 2.55. The lowest BCUT2D eigenvalue weighted by atomic mass is 10.2. The third kappa shape index (κ3) is 2.32. The first-order chi connectivity index (χ1) is 9.63. The van der Waals surface area contributed by atoms with Crippen LogP contribution in [0, 0.1) is 0 Å². The van der Waals surface area contributed by atoms with Crippen LogP contribution in [0.25, 0.3) is 11.1 Å². The van der Waals surface area contributed by atoms with Crippen molar-refractivity contribution in [1.82, 2.24) is 15.0 Å². The second kappa shape index (κ2) is 4.89. The Hall–Kier alpha value is -2.48. The molecule has 2 aromatic heterocycles. The fourth-order valence-corrected chi connectivity index (χ4v) is 1.89. The molecule has 0 aliphatic heterocycles. The number of benzene rings is 1.